The van der Waals surface area contributed by atoms with Crippen LogP contribution in [0.2, 0.25) is 0 Å². The van der Waals surface area contributed by atoms with Crippen LogP contribution < -0.4 is 0 Å². The number of hydrogen-bond acceptors (Lipinski definition) is 7. The topological polar surface area (TPSA) is 105 Å². The van der Waals surface area contributed by atoms with Crippen LogP contribution in [0.15, 0.2) is 553 Å². The van der Waals surface area contributed by atoms with Crippen LogP contribution in [0.4, 0.5) is 0 Å². The van der Waals surface area contributed by atoms with E-state index in [1.54, 1.807) is 43.2 Å². The molecule has 0 saturated heterocycles. The molecule has 0 spiro atoms. The third-order valence-corrected chi connectivity index (χ3v) is 19.5. The molecule has 0 amide bonds. The quantitative estimate of drug-likeness (QED) is 0.170. The van der Waals surface area contributed by atoms with E-state index in [4.69, 9.17) is 0 Å². The Bertz CT molecular complexity index is 5700. The first-order valence-electron chi connectivity index (χ1n) is 53.0. The van der Waals surface area contributed by atoms with Gasteiger partial charge in [0.25, 0.3) is 0 Å². The van der Waals surface area contributed by atoms with Gasteiger partial charge in [-0.25, -0.2) is 24.9 Å². The fourth-order valence-corrected chi connectivity index (χ4v) is 12.9. The fourth-order valence-electron chi connectivity index (χ4n) is 12.9. The van der Waals surface area contributed by atoms with E-state index in [0.717, 1.165) is 22.8 Å². The summed E-state index contributed by atoms with van der Waals surface area (Å²) in [6.45, 7) is 48.1. The summed E-state index contributed by atoms with van der Waals surface area (Å²) >= 11 is 0. The molecule has 0 fully saturated rings. The van der Waals surface area contributed by atoms with Crippen molar-refractivity contribution >= 4 is 65.4 Å². The van der Waals surface area contributed by atoms with Gasteiger partial charge >= 0.3 is 0 Å². The molecule has 0 aliphatic heterocycles. The summed E-state index contributed by atoms with van der Waals surface area (Å²) in [6.07, 6.45) is 10.4. The molecule has 0 aliphatic rings. The summed E-state index contributed by atoms with van der Waals surface area (Å²) in [4.78, 5) is 28.7. The molecule has 16 aromatic carbocycles. The van der Waals surface area contributed by atoms with Crippen LogP contribution in [-0.4, -0.2) is 48.6 Å². The van der Waals surface area contributed by atoms with Gasteiger partial charge in [-0.2, -0.15) is 0 Å². The maximum atomic E-state index is 4.55. The van der Waals surface area contributed by atoms with E-state index in [2.05, 4.69) is 292 Å². The maximum absolute atomic E-state index is 4.55. The van der Waals surface area contributed by atoms with Crippen molar-refractivity contribution in [2.75, 3.05) is 0 Å². The number of aromatic nitrogens is 10. The highest BCUT2D eigenvalue weighted by Gasteiger charge is 2.10. The minimum atomic E-state index is 0.715. The highest BCUT2D eigenvalue weighted by Crippen LogP contribution is 2.30. The summed E-state index contributed by atoms with van der Waals surface area (Å²) in [5, 5.41) is 8.03. The lowest BCUT2D eigenvalue weighted by molar-refractivity contribution is 0.992. The van der Waals surface area contributed by atoms with Gasteiger partial charge in [-0.3, -0.25) is 9.97 Å². The zero-order valence-electron chi connectivity index (χ0n) is 95.0. The zero-order valence-corrected chi connectivity index (χ0v) is 95.0. The van der Waals surface area contributed by atoms with Crippen LogP contribution in [0, 0.1) is 41.5 Å². The van der Waals surface area contributed by atoms with Crippen molar-refractivity contribution in [1.82, 2.24) is 48.6 Å². The van der Waals surface area contributed by atoms with Crippen LogP contribution in [0.3, 0.4) is 0 Å². The molecule has 23 rings (SSSR count). The van der Waals surface area contributed by atoms with Gasteiger partial charge in [0.05, 0.1) is 0 Å². The Kier molecular flexibility index (Phi) is 83.0. The van der Waals surface area contributed by atoms with Crippen LogP contribution in [0.25, 0.3) is 88.2 Å². The smallest absolute Gasteiger partial charge is 0.163 e. The lowest BCUT2D eigenvalue weighted by Gasteiger charge is -2.05. The number of pyridine rings is 2. The van der Waals surface area contributed by atoms with E-state index in [-0.39, 0.29) is 0 Å². The molecule has 23 aromatic rings. The molecule has 0 radical (unpaired) electrons. The van der Waals surface area contributed by atoms with Crippen molar-refractivity contribution in [2.24, 2.45) is 21.1 Å². The van der Waals surface area contributed by atoms with Gasteiger partial charge in [0, 0.05) is 135 Å². The molecule has 782 valence electrons. The van der Waals surface area contributed by atoms with Crippen molar-refractivity contribution in [2.45, 2.75) is 166 Å². The molecule has 0 bridgehead atoms. The molecule has 7 aromatic heterocycles. The number of nitrogens with zero attached hydrogens (tertiary/aromatic N) is 10. The Labute approximate surface area is 904 Å². The van der Waals surface area contributed by atoms with Crippen molar-refractivity contribution < 1.29 is 0 Å². The summed E-state index contributed by atoms with van der Waals surface area (Å²) in [7, 11) is 6.35. The molecule has 0 saturated carbocycles. The molecule has 10 heteroatoms. The molecule has 10 nitrogen and oxygen atoms in total. The van der Waals surface area contributed by atoms with Crippen molar-refractivity contribution in [3.63, 3.8) is 0 Å². The number of hydrogen-bond donors (Lipinski definition) is 0. The van der Waals surface area contributed by atoms with Crippen LogP contribution >= 0.6 is 0 Å². The van der Waals surface area contributed by atoms with Gasteiger partial charge in [-0.05, 0) is 108 Å². The first-order valence-corrected chi connectivity index (χ1v) is 53.0. The summed E-state index contributed by atoms with van der Waals surface area (Å²) in [5.41, 5.74) is 15.1. The van der Waals surface area contributed by atoms with Gasteiger partial charge in [0.2, 0.25) is 0 Å². The molecule has 150 heavy (non-hydrogen) atoms. The predicted molar refractivity (Wildman–Crippen MR) is 665 cm³/mol. The van der Waals surface area contributed by atoms with Gasteiger partial charge in [-0.15, -0.1) is 0 Å². The number of benzene rings is 16. The zero-order chi connectivity index (χ0) is 111. The van der Waals surface area contributed by atoms with Crippen molar-refractivity contribution in [1.29, 1.82) is 0 Å². The van der Waals surface area contributed by atoms with E-state index >= 15 is 0 Å². The number of para-hydroxylation sites is 6. The molecule has 0 unspecified atom stereocenters. The SMILES string of the molecule is CC.CC.CC.CC.CC.CC.CC.CC.CC.Cc1ccccc1.Cc1ccccc1.Cc1ccccc1.Cc1ccccc1.Cc1nc(-c2ccccc2)nc(-c2ccccc2)n1.Cc1ncccn1.Cn1c2ccccc2c2ccccc21.Cn1c2ccccc2c2ccccc21.Cn1c2ccccc2c2ccccc21.c1ccccc1.c1ccccc1.c1ccccc1.c1ccccc1.c1ccncc1.c1ccncc1. The van der Waals surface area contributed by atoms with Crippen molar-refractivity contribution in [3.8, 4) is 22.8 Å². The number of fused-ring (bicyclic) bond motifs is 9. The van der Waals surface area contributed by atoms with E-state index in [1.807, 2.05) is 454 Å². The maximum Gasteiger partial charge on any atom is 0.163 e. The predicted octanol–water partition coefficient (Wildman–Crippen LogP) is 40.4. The third kappa shape index (κ3) is 57.3. The Hall–Kier alpha value is -16.7. The van der Waals surface area contributed by atoms with Gasteiger partial charge in [0.15, 0.2) is 11.6 Å². The summed E-state index contributed by atoms with van der Waals surface area (Å²) in [5.74, 6) is 2.98. The van der Waals surface area contributed by atoms with E-state index in [9.17, 15) is 0 Å². The molecule has 0 aliphatic carbocycles. The van der Waals surface area contributed by atoms with E-state index < -0.39 is 0 Å². The number of rotatable bonds is 2. The highest BCUT2D eigenvalue weighted by molar-refractivity contribution is 6.09. The minimum absolute atomic E-state index is 0.715. The monoisotopic (exact) mass is 1990 g/mol. The van der Waals surface area contributed by atoms with E-state index in [1.165, 1.54) is 87.7 Å². The lowest BCUT2D eigenvalue weighted by atomic mass is 10.2. The lowest BCUT2D eigenvalue weighted by Crippen LogP contribution is -1.99. The van der Waals surface area contributed by atoms with Gasteiger partial charge in [0.1, 0.15) is 11.6 Å². The molecular weight excluding hydrogens is 1820 g/mol. The highest BCUT2D eigenvalue weighted by atomic mass is 15.0. The second-order valence-corrected chi connectivity index (χ2v) is 29.6. The molecule has 7 heterocycles. The second kappa shape index (κ2) is 93.4. The first kappa shape index (κ1) is 133. The second-order valence-electron chi connectivity index (χ2n) is 29.6. The Morgan fingerprint density at radius 1 is 0.140 bits per heavy atom. The Balaban J connectivity index is 0.00000159. The van der Waals surface area contributed by atoms with Crippen LogP contribution in [-0.2, 0) is 21.1 Å². The number of aryl methyl sites for hydroxylation is 9. The Morgan fingerprint density at radius 3 is 0.420 bits per heavy atom. The van der Waals surface area contributed by atoms with Crippen molar-refractivity contribution in [3.05, 3.63) is 587 Å². The molecule has 0 N–H and O–H groups in total. The largest absolute Gasteiger partial charge is 0.344 e. The van der Waals surface area contributed by atoms with Crippen LogP contribution in [0.1, 0.15) is 159 Å². The fraction of sp³-hybridized carbons (Fsp3) is 0.193. The molecule has 0 atom stereocenters. The normalized spacial score (nSPS) is 8.77. The summed E-state index contributed by atoms with van der Waals surface area (Å²) < 4.78 is 6.72. The molecular formula is C140H172N10. The minimum Gasteiger partial charge on any atom is -0.344 e. The van der Waals surface area contributed by atoms with Gasteiger partial charge in [-0.1, -0.05) is 596 Å². The average Bonchev–Trinajstić information content (AvgIpc) is 1.63. The first-order chi connectivity index (χ1) is 73.9. The summed E-state index contributed by atoms with van der Waals surface area (Å²) in [6, 6.07) is 173. The van der Waals surface area contributed by atoms with Gasteiger partial charge < -0.3 is 13.7 Å². The Morgan fingerprint density at radius 2 is 0.287 bits per heavy atom. The standard InChI is InChI=1S/C16H13N3.3C13H11N.4C7H8.4C6H6.C5H6N2.2C5H5N.9C2H6/c1-12-17-15(13-8-4-2-5-9-13)19-16(18-12)14-10-6-3-7-11-14;3*1-14-12-8-4-2-6-10(12)11-7-3-5-9-13(11)14;4*1-7-5-3-2-4-6-7;4*1-2-4-6-5-3-1;1-5-6-3-2-4-7-5;2*1-2-4-6-5-3-1;9*1-2/h2-11H,1H3;3*2-9H,1H3;4*2-6H,1H3;4*1-6H;2-4H,1H3;2*1-5H;9*1-2H3. The average molecular weight is 1990 g/mol. The third-order valence-electron chi connectivity index (χ3n) is 19.5. The van der Waals surface area contributed by atoms with E-state index in [0.29, 0.717) is 11.6 Å². The van der Waals surface area contributed by atoms with Crippen LogP contribution in [0.5, 0.6) is 0 Å².